The molecule has 1 aromatic carbocycles. The zero-order valence-electron chi connectivity index (χ0n) is 17.9. The highest BCUT2D eigenvalue weighted by Crippen LogP contribution is 2.35. The third-order valence-electron chi connectivity index (χ3n) is 5.56. The van der Waals surface area contributed by atoms with E-state index in [-0.39, 0.29) is 36.5 Å². The summed E-state index contributed by atoms with van der Waals surface area (Å²) in [6.07, 6.45) is 2.58. The third-order valence-corrected chi connectivity index (χ3v) is 6.66. The van der Waals surface area contributed by atoms with Gasteiger partial charge in [0.25, 0.3) is 5.56 Å². The van der Waals surface area contributed by atoms with Crippen LogP contribution in [0.15, 0.2) is 49.4 Å². The normalized spacial score (nSPS) is 18.8. The SMILES string of the molecule is Cc1cc(C)cc(Sc2c(C(C)C)c(=O)[nH]c(=O)n2CC2=CC(CO)C(CO)C2)c1. The summed E-state index contributed by atoms with van der Waals surface area (Å²) in [6, 6.07) is 6.19. The lowest BCUT2D eigenvalue weighted by Gasteiger charge is -2.19. The van der Waals surface area contributed by atoms with Crippen molar-refractivity contribution in [3.05, 3.63) is 67.4 Å². The first-order chi connectivity index (χ1) is 14.2. The number of benzene rings is 1. The second-order valence-corrected chi connectivity index (χ2v) is 9.52. The summed E-state index contributed by atoms with van der Waals surface area (Å²) in [5, 5.41) is 19.8. The van der Waals surface area contributed by atoms with Crippen molar-refractivity contribution >= 4 is 11.8 Å². The molecule has 0 radical (unpaired) electrons. The number of rotatable bonds is 7. The van der Waals surface area contributed by atoms with Gasteiger partial charge in [-0.25, -0.2) is 4.79 Å². The summed E-state index contributed by atoms with van der Waals surface area (Å²) in [6.45, 7) is 8.24. The molecule has 0 fully saturated rings. The zero-order chi connectivity index (χ0) is 22.0. The van der Waals surface area contributed by atoms with E-state index in [0.717, 1.165) is 21.6 Å². The van der Waals surface area contributed by atoms with E-state index >= 15 is 0 Å². The van der Waals surface area contributed by atoms with Gasteiger partial charge in [0.2, 0.25) is 0 Å². The van der Waals surface area contributed by atoms with Crippen molar-refractivity contribution in [2.24, 2.45) is 11.8 Å². The predicted octanol–water partition coefficient (Wildman–Crippen LogP) is 2.98. The molecule has 0 aliphatic heterocycles. The Labute approximate surface area is 180 Å². The van der Waals surface area contributed by atoms with E-state index in [4.69, 9.17) is 0 Å². The van der Waals surface area contributed by atoms with Gasteiger partial charge in [-0.3, -0.25) is 14.3 Å². The summed E-state index contributed by atoms with van der Waals surface area (Å²) >= 11 is 1.44. The van der Waals surface area contributed by atoms with Gasteiger partial charge in [0.1, 0.15) is 0 Å². The molecule has 2 atom stereocenters. The predicted molar refractivity (Wildman–Crippen MR) is 119 cm³/mol. The Balaban J connectivity index is 2.09. The average molecular weight is 431 g/mol. The van der Waals surface area contributed by atoms with E-state index in [1.54, 1.807) is 4.57 Å². The smallest absolute Gasteiger partial charge is 0.329 e. The Bertz CT molecular complexity index is 1050. The summed E-state index contributed by atoms with van der Waals surface area (Å²) in [5.41, 5.74) is 3.04. The fourth-order valence-electron chi connectivity index (χ4n) is 4.15. The maximum atomic E-state index is 12.8. The molecule has 6 nitrogen and oxygen atoms in total. The van der Waals surface area contributed by atoms with E-state index in [0.29, 0.717) is 23.6 Å². The zero-order valence-corrected chi connectivity index (χ0v) is 18.8. The monoisotopic (exact) mass is 430 g/mol. The van der Waals surface area contributed by atoms with Crippen LogP contribution in [0.1, 0.15) is 42.9 Å². The second-order valence-electron chi connectivity index (χ2n) is 8.46. The van der Waals surface area contributed by atoms with Crippen molar-refractivity contribution < 1.29 is 10.2 Å². The Kier molecular flexibility index (Phi) is 7.06. The quantitative estimate of drug-likeness (QED) is 0.464. The van der Waals surface area contributed by atoms with Crippen molar-refractivity contribution in [2.75, 3.05) is 13.2 Å². The van der Waals surface area contributed by atoms with Crippen LogP contribution in [-0.4, -0.2) is 33.0 Å². The number of hydrogen-bond donors (Lipinski definition) is 3. The topological polar surface area (TPSA) is 95.3 Å². The van der Waals surface area contributed by atoms with Crippen LogP contribution in [0.4, 0.5) is 0 Å². The van der Waals surface area contributed by atoms with E-state index in [1.807, 2.05) is 33.8 Å². The average Bonchev–Trinajstić information content (AvgIpc) is 3.05. The second kappa shape index (κ2) is 9.37. The van der Waals surface area contributed by atoms with E-state index in [2.05, 4.69) is 23.2 Å². The van der Waals surface area contributed by atoms with Crippen LogP contribution in [-0.2, 0) is 6.54 Å². The number of aromatic amines is 1. The molecule has 1 heterocycles. The van der Waals surface area contributed by atoms with Crippen LogP contribution in [0.3, 0.4) is 0 Å². The number of allylic oxidation sites excluding steroid dienone is 1. The summed E-state index contributed by atoms with van der Waals surface area (Å²) in [4.78, 5) is 28.9. The Morgan fingerprint density at radius 2 is 1.80 bits per heavy atom. The molecule has 1 aliphatic rings. The van der Waals surface area contributed by atoms with Crippen LogP contribution in [0.2, 0.25) is 0 Å². The molecule has 0 saturated carbocycles. The molecule has 1 aliphatic carbocycles. The number of aromatic nitrogens is 2. The molecule has 0 bridgehead atoms. The minimum Gasteiger partial charge on any atom is -0.396 e. The highest BCUT2D eigenvalue weighted by Gasteiger charge is 2.28. The molecule has 2 aromatic rings. The van der Waals surface area contributed by atoms with Gasteiger partial charge in [-0.05, 0) is 55.4 Å². The maximum absolute atomic E-state index is 12.8. The van der Waals surface area contributed by atoms with Gasteiger partial charge in [-0.15, -0.1) is 0 Å². The summed E-state index contributed by atoms with van der Waals surface area (Å²) in [7, 11) is 0. The van der Waals surface area contributed by atoms with Crippen molar-refractivity contribution in [2.45, 2.75) is 56.5 Å². The number of H-pyrrole nitrogens is 1. The third kappa shape index (κ3) is 4.79. The fraction of sp³-hybridized carbons (Fsp3) is 0.478. The van der Waals surface area contributed by atoms with Crippen molar-refractivity contribution in [1.82, 2.24) is 9.55 Å². The van der Waals surface area contributed by atoms with E-state index in [9.17, 15) is 19.8 Å². The molecule has 162 valence electrons. The Hall–Kier alpha value is -2.09. The molecule has 30 heavy (non-hydrogen) atoms. The van der Waals surface area contributed by atoms with Crippen LogP contribution in [0.25, 0.3) is 0 Å². The van der Waals surface area contributed by atoms with Gasteiger partial charge in [0, 0.05) is 30.6 Å². The largest absolute Gasteiger partial charge is 0.396 e. The molecule has 1 aromatic heterocycles. The molecular formula is C23H30N2O4S. The fourth-order valence-corrected chi connectivity index (χ4v) is 5.56. The molecule has 3 rings (SSSR count). The number of hydrogen-bond acceptors (Lipinski definition) is 5. The van der Waals surface area contributed by atoms with Crippen LogP contribution in [0.5, 0.6) is 0 Å². The number of nitrogens with one attached hydrogen (secondary N) is 1. The first kappa shape index (κ1) is 22.6. The highest BCUT2D eigenvalue weighted by molar-refractivity contribution is 7.99. The standard InChI is InChI=1S/C23H30N2O4S/c1-13(2)20-21(28)24-23(29)25(10-16-8-17(11-26)18(9-16)12-27)22(20)30-19-6-14(3)5-15(4)7-19/h5-8,13,17-18,26-27H,9-12H2,1-4H3,(H,24,28,29). The van der Waals surface area contributed by atoms with E-state index < -0.39 is 5.69 Å². The lowest BCUT2D eigenvalue weighted by Crippen LogP contribution is -2.34. The molecule has 2 unspecified atom stereocenters. The van der Waals surface area contributed by atoms with Crippen molar-refractivity contribution in [3.8, 4) is 0 Å². The van der Waals surface area contributed by atoms with Gasteiger partial charge < -0.3 is 10.2 Å². The first-order valence-electron chi connectivity index (χ1n) is 10.3. The highest BCUT2D eigenvalue weighted by atomic mass is 32.2. The minimum atomic E-state index is -0.440. The van der Waals surface area contributed by atoms with Gasteiger partial charge in [0.05, 0.1) is 10.6 Å². The van der Waals surface area contributed by atoms with Gasteiger partial charge >= 0.3 is 5.69 Å². The van der Waals surface area contributed by atoms with Gasteiger partial charge in [-0.2, -0.15) is 0 Å². The lowest BCUT2D eigenvalue weighted by atomic mass is 9.97. The molecule has 7 heteroatoms. The van der Waals surface area contributed by atoms with Crippen LogP contribution < -0.4 is 11.2 Å². The Morgan fingerprint density at radius 1 is 1.13 bits per heavy atom. The number of nitrogens with zero attached hydrogens (tertiary/aromatic N) is 1. The van der Waals surface area contributed by atoms with Gasteiger partial charge in [0.15, 0.2) is 0 Å². The van der Waals surface area contributed by atoms with Crippen molar-refractivity contribution in [1.29, 1.82) is 0 Å². The summed E-state index contributed by atoms with van der Waals surface area (Å²) in [5.74, 6) is -0.200. The molecular weight excluding hydrogens is 400 g/mol. The van der Waals surface area contributed by atoms with Crippen molar-refractivity contribution in [3.63, 3.8) is 0 Å². The summed E-state index contributed by atoms with van der Waals surface area (Å²) < 4.78 is 1.62. The maximum Gasteiger partial charge on any atom is 0.329 e. The molecule has 0 amide bonds. The Morgan fingerprint density at radius 3 is 2.33 bits per heavy atom. The van der Waals surface area contributed by atoms with Gasteiger partial charge in [-0.1, -0.05) is 43.3 Å². The first-order valence-corrected chi connectivity index (χ1v) is 11.1. The number of aliphatic hydroxyl groups is 2. The minimum absolute atomic E-state index is 0.00678. The van der Waals surface area contributed by atoms with E-state index in [1.165, 1.54) is 11.8 Å². The molecule has 3 N–H and O–H groups in total. The number of aliphatic hydroxyl groups excluding tert-OH is 2. The van der Waals surface area contributed by atoms with Crippen LogP contribution in [0, 0.1) is 25.7 Å². The molecule has 0 saturated heterocycles. The molecule has 0 spiro atoms. The number of aryl methyl sites for hydroxylation is 2. The van der Waals surface area contributed by atoms with Crippen LogP contribution >= 0.6 is 11.8 Å². The lowest BCUT2D eigenvalue weighted by molar-refractivity contribution is 0.154.